The molecule has 0 aromatic heterocycles. The summed E-state index contributed by atoms with van der Waals surface area (Å²) >= 11 is 0. The molecule has 2 aliphatic rings. The van der Waals surface area contributed by atoms with E-state index in [4.69, 9.17) is 10.5 Å². The van der Waals surface area contributed by atoms with Crippen LogP contribution in [0.15, 0.2) is 0 Å². The molecular formula is C17H34N2O. The molecule has 1 saturated carbocycles. The Balaban J connectivity index is 1.96. The highest BCUT2D eigenvalue weighted by Crippen LogP contribution is 2.41. The van der Waals surface area contributed by atoms with Crippen LogP contribution in [0.4, 0.5) is 0 Å². The Morgan fingerprint density at radius 3 is 2.50 bits per heavy atom. The van der Waals surface area contributed by atoms with Crippen LogP contribution in [0, 0.1) is 17.3 Å². The zero-order valence-corrected chi connectivity index (χ0v) is 13.9. The van der Waals surface area contributed by atoms with E-state index in [1.54, 1.807) is 0 Å². The second-order valence-corrected chi connectivity index (χ2v) is 8.01. The monoisotopic (exact) mass is 282 g/mol. The van der Waals surface area contributed by atoms with Gasteiger partial charge in [0, 0.05) is 19.2 Å². The van der Waals surface area contributed by atoms with E-state index in [-0.39, 0.29) is 0 Å². The molecule has 4 atom stereocenters. The average Bonchev–Trinajstić information content (AvgIpc) is 2.89. The van der Waals surface area contributed by atoms with Crippen LogP contribution in [-0.2, 0) is 4.74 Å². The Labute approximate surface area is 125 Å². The summed E-state index contributed by atoms with van der Waals surface area (Å²) in [7, 11) is 2.28. The molecule has 0 aromatic carbocycles. The summed E-state index contributed by atoms with van der Waals surface area (Å²) in [6.45, 7) is 10.0. The van der Waals surface area contributed by atoms with Crippen molar-refractivity contribution in [3.05, 3.63) is 0 Å². The molecule has 4 unspecified atom stereocenters. The smallest absolute Gasteiger partial charge is 0.0702 e. The van der Waals surface area contributed by atoms with Gasteiger partial charge in [-0.3, -0.25) is 0 Å². The molecule has 0 spiro atoms. The lowest BCUT2D eigenvalue weighted by molar-refractivity contribution is 0.0214. The predicted octanol–water partition coefficient (Wildman–Crippen LogP) is 2.89. The Morgan fingerprint density at radius 2 is 1.95 bits per heavy atom. The second-order valence-electron chi connectivity index (χ2n) is 8.01. The fourth-order valence-corrected chi connectivity index (χ4v) is 4.06. The van der Waals surface area contributed by atoms with Crippen LogP contribution in [0.2, 0.25) is 0 Å². The molecule has 0 amide bonds. The van der Waals surface area contributed by atoms with Crippen molar-refractivity contribution in [1.29, 1.82) is 0 Å². The minimum Gasteiger partial charge on any atom is -0.377 e. The average molecular weight is 282 g/mol. The largest absolute Gasteiger partial charge is 0.377 e. The normalized spacial score (nSPS) is 35.7. The van der Waals surface area contributed by atoms with E-state index in [0.29, 0.717) is 23.5 Å². The van der Waals surface area contributed by atoms with Crippen molar-refractivity contribution in [2.24, 2.45) is 23.0 Å². The summed E-state index contributed by atoms with van der Waals surface area (Å²) in [4.78, 5) is 2.55. The lowest BCUT2D eigenvalue weighted by Crippen LogP contribution is -2.49. The van der Waals surface area contributed by atoms with Crippen LogP contribution in [0.5, 0.6) is 0 Å². The molecule has 0 aromatic rings. The zero-order chi connectivity index (χ0) is 14.8. The third kappa shape index (κ3) is 3.96. The predicted molar refractivity (Wildman–Crippen MR) is 84.7 cm³/mol. The summed E-state index contributed by atoms with van der Waals surface area (Å²) < 4.78 is 5.80. The molecule has 2 fully saturated rings. The summed E-state index contributed by atoms with van der Waals surface area (Å²) in [6.07, 6.45) is 6.85. The molecule has 0 bridgehead atoms. The Kier molecular flexibility index (Phi) is 5.49. The number of nitrogens with zero attached hydrogens (tertiary/aromatic N) is 1. The van der Waals surface area contributed by atoms with Gasteiger partial charge in [-0.05, 0) is 62.9 Å². The van der Waals surface area contributed by atoms with E-state index >= 15 is 0 Å². The highest BCUT2D eigenvalue weighted by atomic mass is 16.5. The van der Waals surface area contributed by atoms with Gasteiger partial charge in [0.1, 0.15) is 0 Å². The van der Waals surface area contributed by atoms with Crippen molar-refractivity contribution in [1.82, 2.24) is 4.90 Å². The molecule has 1 saturated heterocycles. The van der Waals surface area contributed by atoms with Crippen molar-refractivity contribution >= 4 is 0 Å². The minimum absolute atomic E-state index is 0.419. The molecule has 20 heavy (non-hydrogen) atoms. The van der Waals surface area contributed by atoms with E-state index in [1.807, 2.05) is 0 Å². The van der Waals surface area contributed by atoms with E-state index in [1.165, 1.54) is 32.1 Å². The minimum atomic E-state index is 0.419. The molecular weight excluding hydrogens is 248 g/mol. The number of likely N-dealkylation sites (N-methyl/N-ethyl adjacent to an activating group) is 1. The molecule has 3 heteroatoms. The highest BCUT2D eigenvalue weighted by Gasteiger charge is 2.37. The summed E-state index contributed by atoms with van der Waals surface area (Å²) in [5, 5.41) is 0. The first-order valence-electron chi connectivity index (χ1n) is 8.43. The van der Waals surface area contributed by atoms with Crippen LogP contribution in [0.1, 0.15) is 52.9 Å². The molecule has 118 valence electrons. The van der Waals surface area contributed by atoms with Gasteiger partial charge < -0.3 is 15.4 Å². The standard InChI is InChI=1S/C17H34N2O/c1-17(2,3)14-8-7-13(11-18)16(10-14)19(4)12-15-6-5-9-20-15/h13-16H,5-12,18H2,1-4H3. The van der Waals surface area contributed by atoms with Gasteiger partial charge >= 0.3 is 0 Å². The van der Waals surface area contributed by atoms with Crippen LogP contribution in [-0.4, -0.2) is 43.8 Å². The molecule has 1 heterocycles. The first-order chi connectivity index (χ1) is 9.41. The maximum Gasteiger partial charge on any atom is 0.0702 e. The van der Waals surface area contributed by atoms with Gasteiger partial charge in [-0.2, -0.15) is 0 Å². The fourth-order valence-electron chi connectivity index (χ4n) is 4.06. The number of rotatable bonds is 4. The van der Waals surface area contributed by atoms with E-state index in [9.17, 15) is 0 Å². The lowest BCUT2D eigenvalue weighted by atomic mass is 9.67. The highest BCUT2D eigenvalue weighted by molar-refractivity contribution is 4.91. The van der Waals surface area contributed by atoms with Crippen molar-refractivity contribution < 1.29 is 4.74 Å². The Morgan fingerprint density at radius 1 is 1.20 bits per heavy atom. The maximum atomic E-state index is 6.04. The zero-order valence-electron chi connectivity index (χ0n) is 13.9. The molecule has 1 aliphatic carbocycles. The van der Waals surface area contributed by atoms with Gasteiger partial charge in [-0.15, -0.1) is 0 Å². The van der Waals surface area contributed by atoms with Crippen LogP contribution >= 0.6 is 0 Å². The van der Waals surface area contributed by atoms with Crippen LogP contribution in [0.3, 0.4) is 0 Å². The first-order valence-corrected chi connectivity index (χ1v) is 8.43. The number of hydrogen-bond acceptors (Lipinski definition) is 3. The van der Waals surface area contributed by atoms with Crippen LogP contribution in [0.25, 0.3) is 0 Å². The van der Waals surface area contributed by atoms with Gasteiger partial charge in [0.25, 0.3) is 0 Å². The maximum absolute atomic E-state index is 6.04. The summed E-state index contributed by atoms with van der Waals surface area (Å²) in [6, 6.07) is 0.641. The third-order valence-corrected chi connectivity index (χ3v) is 5.57. The van der Waals surface area contributed by atoms with Crippen molar-refractivity contribution in [2.45, 2.75) is 65.0 Å². The lowest BCUT2D eigenvalue weighted by Gasteiger charge is -2.45. The van der Waals surface area contributed by atoms with Gasteiger partial charge in [-0.1, -0.05) is 20.8 Å². The van der Waals surface area contributed by atoms with Gasteiger partial charge in [0.15, 0.2) is 0 Å². The SMILES string of the molecule is CN(CC1CCCO1)C1CC(C(C)(C)C)CCC1CN. The summed E-state index contributed by atoms with van der Waals surface area (Å²) in [5.74, 6) is 1.49. The number of nitrogens with two attached hydrogens (primary N) is 1. The molecule has 3 nitrogen and oxygen atoms in total. The van der Waals surface area contributed by atoms with Gasteiger partial charge in [0.05, 0.1) is 6.10 Å². The topological polar surface area (TPSA) is 38.5 Å². The van der Waals surface area contributed by atoms with E-state index < -0.39 is 0 Å². The fraction of sp³-hybridized carbons (Fsp3) is 1.00. The van der Waals surface area contributed by atoms with Crippen molar-refractivity contribution in [2.75, 3.05) is 26.7 Å². The summed E-state index contributed by atoms with van der Waals surface area (Å²) in [5.41, 5.74) is 6.46. The molecule has 1 aliphatic heterocycles. The molecule has 2 rings (SSSR count). The van der Waals surface area contributed by atoms with E-state index in [0.717, 1.165) is 25.6 Å². The Bertz CT molecular complexity index is 294. The second kappa shape index (κ2) is 6.76. The Hall–Kier alpha value is -0.120. The number of hydrogen-bond donors (Lipinski definition) is 1. The van der Waals surface area contributed by atoms with Crippen LogP contribution < -0.4 is 5.73 Å². The molecule has 2 N–H and O–H groups in total. The van der Waals surface area contributed by atoms with Gasteiger partial charge in [-0.25, -0.2) is 0 Å². The van der Waals surface area contributed by atoms with E-state index in [2.05, 4.69) is 32.7 Å². The quantitative estimate of drug-likeness (QED) is 0.861. The number of ether oxygens (including phenoxy) is 1. The van der Waals surface area contributed by atoms with Crippen molar-refractivity contribution in [3.63, 3.8) is 0 Å². The third-order valence-electron chi connectivity index (χ3n) is 5.57. The van der Waals surface area contributed by atoms with Crippen molar-refractivity contribution in [3.8, 4) is 0 Å². The molecule has 0 radical (unpaired) electrons. The van der Waals surface area contributed by atoms with Gasteiger partial charge in [0.2, 0.25) is 0 Å². The first kappa shape index (κ1) is 16.3.